The molecule has 0 N–H and O–H groups in total. The van der Waals surface area contributed by atoms with Crippen LogP contribution in [-0.2, 0) is 0 Å². The van der Waals surface area contributed by atoms with Gasteiger partial charge in [0.15, 0.2) is 0 Å². The van der Waals surface area contributed by atoms with Gasteiger partial charge in [0, 0.05) is 30.8 Å². The quantitative estimate of drug-likeness (QED) is 0.412. The van der Waals surface area contributed by atoms with Crippen molar-refractivity contribution in [1.82, 2.24) is 0 Å². The molecular weight excluding hydrogens is 433 g/mol. The summed E-state index contributed by atoms with van der Waals surface area (Å²) in [6.07, 6.45) is 17.0. The number of thioether (sulfide) groups is 3. The average Bonchev–Trinajstić information content (AvgIpc) is 2.78. The highest BCUT2D eigenvalue weighted by molar-refractivity contribution is 8.05. The van der Waals surface area contributed by atoms with E-state index < -0.39 is 0 Å². The van der Waals surface area contributed by atoms with Gasteiger partial charge in [-0.25, -0.2) is 0 Å². The molecule has 0 aromatic heterocycles. The van der Waals surface area contributed by atoms with Gasteiger partial charge in [-0.05, 0) is 49.9 Å². The highest BCUT2D eigenvalue weighted by Crippen LogP contribution is 2.45. The van der Waals surface area contributed by atoms with Crippen LogP contribution in [0.25, 0.3) is 0 Å². The molecule has 2 aliphatic rings. The minimum Gasteiger partial charge on any atom is -0.153 e. The summed E-state index contributed by atoms with van der Waals surface area (Å²) in [6, 6.07) is 22.4. The van der Waals surface area contributed by atoms with Crippen LogP contribution < -0.4 is 0 Å². The van der Waals surface area contributed by atoms with Crippen LogP contribution in [0.3, 0.4) is 0 Å². The summed E-state index contributed by atoms with van der Waals surface area (Å²) in [6.45, 7) is 0. The summed E-state index contributed by atoms with van der Waals surface area (Å²) >= 11 is 6.74. The Morgan fingerprint density at radius 1 is 0.419 bits per heavy atom. The number of rotatable bonds is 6. The van der Waals surface area contributed by atoms with Crippen molar-refractivity contribution in [2.24, 2.45) is 0 Å². The Balaban J connectivity index is 1.48. The van der Waals surface area contributed by atoms with Gasteiger partial charge >= 0.3 is 0 Å². The maximum absolute atomic E-state index is 2.40. The van der Waals surface area contributed by atoms with E-state index in [1.807, 2.05) is 0 Å². The highest BCUT2D eigenvalue weighted by atomic mass is 32.2. The third-order valence-corrected chi connectivity index (χ3v) is 11.7. The molecule has 3 heteroatoms. The standard InChI is InChI=1S/C28H38S3/c1-3-13-21-27(25(19-11-1)29-23-15-7-5-8-16-23)31-28-22-14-4-2-12-20-26(28)30-24-17-9-6-10-18-24/h5-10,15-18,25-28H,1-4,11-14,19-22H2. The second-order valence-electron chi connectivity index (χ2n) is 9.13. The fourth-order valence-corrected chi connectivity index (χ4v) is 9.85. The number of hydrogen-bond donors (Lipinski definition) is 0. The molecule has 0 aliphatic heterocycles. The average molecular weight is 471 g/mol. The Hall–Kier alpha value is -0.510. The lowest BCUT2D eigenvalue weighted by Crippen LogP contribution is -2.30. The van der Waals surface area contributed by atoms with Gasteiger partial charge in [0.2, 0.25) is 0 Å². The smallest absolute Gasteiger partial charge is 0.0213 e. The fraction of sp³-hybridized carbons (Fsp3) is 0.571. The molecule has 2 aliphatic carbocycles. The van der Waals surface area contributed by atoms with E-state index in [1.165, 1.54) is 86.8 Å². The van der Waals surface area contributed by atoms with Crippen molar-refractivity contribution < 1.29 is 0 Å². The van der Waals surface area contributed by atoms with E-state index >= 15 is 0 Å². The van der Waals surface area contributed by atoms with Gasteiger partial charge in [-0.15, -0.1) is 23.5 Å². The van der Waals surface area contributed by atoms with Gasteiger partial charge in [-0.3, -0.25) is 0 Å². The van der Waals surface area contributed by atoms with Crippen LogP contribution in [0.2, 0.25) is 0 Å². The summed E-state index contributed by atoms with van der Waals surface area (Å²) in [5, 5.41) is 3.13. The van der Waals surface area contributed by atoms with Gasteiger partial charge in [0.25, 0.3) is 0 Å². The van der Waals surface area contributed by atoms with Gasteiger partial charge < -0.3 is 0 Å². The molecule has 2 aromatic carbocycles. The summed E-state index contributed by atoms with van der Waals surface area (Å²) < 4.78 is 0. The molecule has 2 aromatic rings. The first-order valence-corrected chi connectivity index (χ1v) is 15.2. The van der Waals surface area contributed by atoms with E-state index in [0.717, 1.165) is 21.0 Å². The largest absolute Gasteiger partial charge is 0.153 e. The molecule has 0 spiro atoms. The molecule has 2 saturated carbocycles. The maximum Gasteiger partial charge on any atom is 0.0213 e. The van der Waals surface area contributed by atoms with Gasteiger partial charge in [-0.1, -0.05) is 87.8 Å². The Morgan fingerprint density at radius 2 is 0.774 bits per heavy atom. The zero-order valence-corrected chi connectivity index (χ0v) is 21.2. The molecule has 168 valence electrons. The first-order valence-electron chi connectivity index (χ1n) is 12.5. The monoisotopic (exact) mass is 470 g/mol. The predicted octanol–water partition coefficient (Wildman–Crippen LogP) is 9.49. The third-order valence-electron chi connectivity index (χ3n) is 6.69. The summed E-state index contributed by atoms with van der Waals surface area (Å²) in [5.41, 5.74) is 0. The summed E-state index contributed by atoms with van der Waals surface area (Å²) in [7, 11) is 0. The molecule has 0 bridgehead atoms. The number of hydrogen-bond acceptors (Lipinski definition) is 3. The molecule has 31 heavy (non-hydrogen) atoms. The first-order chi connectivity index (χ1) is 15.4. The topological polar surface area (TPSA) is 0 Å². The van der Waals surface area contributed by atoms with E-state index in [2.05, 4.69) is 95.9 Å². The van der Waals surface area contributed by atoms with Gasteiger partial charge in [0.05, 0.1) is 0 Å². The lowest BCUT2D eigenvalue weighted by atomic mass is 9.99. The normalized spacial score (nSPS) is 28.1. The van der Waals surface area contributed by atoms with E-state index in [9.17, 15) is 0 Å². The zero-order valence-electron chi connectivity index (χ0n) is 18.8. The van der Waals surface area contributed by atoms with E-state index in [-0.39, 0.29) is 0 Å². The van der Waals surface area contributed by atoms with Crippen molar-refractivity contribution in [3.63, 3.8) is 0 Å². The van der Waals surface area contributed by atoms with Crippen LogP contribution in [0, 0.1) is 0 Å². The lowest BCUT2D eigenvalue weighted by Gasteiger charge is -2.35. The van der Waals surface area contributed by atoms with Crippen LogP contribution in [0.5, 0.6) is 0 Å². The van der Waals surface area contributed by atoms with Crippen molar-refractivity contribution in [1.29, 1.82) is 0 Å². The minimum absolute atomic E-state index is 0.764. The van der Waals surface area contributed by atoms with Crippen molar-refractivity contribution in [3.05, 3.63) is 60.7 Å². The minimum atomic E-state index is 0.764. The summed E-state index contributed by atoms with van der Waals surface area (Å²) in [5.74, 6) is 0. The van der Waals surface area contributed by atoms with E-state index in [1.54, 1.807) is 0 Å². The Labute approximate surface area is 203 Å². The van der Waals surface area contributed by atoms with Gasteiger partial charge in [0.1, 0.15) is 0 Å². The molecule has 2 fully saturated rings. The van der Waals surface area contributed by atoms with E-state index in [0.29, 0.717) is 0 Å². The Kier molecular flexibility index (Phi) is 10.1. The van der Waals surface area contributed by atoms with Crippen molar-refractivity contribution in [3.8, 4) is 0 Å². The Bertz CT molecular complexity index is 669. The second-order valence-corrected chi connectivity index (χ2v) is 13.2. The third kappa shape index (κ3) is 7.79. The van der Waals surface area contributed by atoms with E-state index in [4.69, 9.17) is 0 Å². The van der Waals surface area contributed by atoms with Gasteiger partial charge in [-0.2, -0.15) is 11.8 Å². The molecular formula is C28H38S3. The van der Waals surface area contributed by atoms with Crippen LogP contribution >= 0.6 is 35.3 Å². The molecule has 0 heterocycles. The van der Waals surface area contributed by atoms with Crippen LogP contribution in [0.1, 0.15) is 77.0 Å². The second kappa shape index (κ2) is 13.3. The van der Waals surface area contributed by atoms with Crippen molar-refractivity contribution >= 4 is 35.3 Å². The molecule has 4 atom stereocenters. The maximum atomic E-state index is 2.40. The Morgan fingerprint density at radius 3 is 1.16 bits per heavy atom. The molecule has 0 radical (unpaired) electrons. The van der Waals surface area contributed by atoms with Crippen molar-refractivity contribution in [2.45, 2.75) is 108 Å². The SMILES string of the molecule is c1ccc(SC2CCCCCCC2SC2CCCCCCC2Sc2ccccc2)cc1. The lowest BCUT2D eigenvalue weighted by molar-refractivity contribution is 0.506. The van der Waals surface area contributed by atoms with Crippen molar-refractivity contribution in [2.75, 3.05) is 0 Å². The predicted molar refractivity (Wildman–Crippen MR) is 143 cm³/mol. The molecule has 0 nitrogen and oxygen atoms in total. The molecule has 0 saturated heterocycles. The van der Waals surface area contributed by atoms with Crippen LogP contribution in [-0.4, -0.2) is 21.0 Å². The number of benzene rings is 2. The molecule has 4 rings (SSSR count). The highest BCUT2D eigenvalue weighted by Gasteiger charge is 2.31. The summed E-state index contributed by atoms with van der Waals surface area (Å²) in [4.78, 5) is 2.93. The van der Waals surface area contributed by atoms with Crippen LogP contribution in [0.4, 0.5) is 0 Å². The van der Waals surface area contributed by atoms with Crippen LogP contribution in [0.15, 0.2) is 70.5 Å². The zero-order chi connectivity index (χ0) is 21.1. The fourth-order valence-electron chi connectivity index (χ4n) is 4.99. The molecule has 0 amide bonds. The molecule has 4 unspecified atom stereocenters. The first kappa shape index (κ1) is 23.6.